The van der Waals surface area contributed by atoms with Gasteiger partial charge in [0.25, 0.3) is 0 Å². The Morgan fingerprint density at radius 3 is 2.62 bits per heavy atom. The summed E-state index contributed by atoms with van der Waals surface area (Å²) >= 11 is 1.73. The lowest BCUT2D eigenvalue weighted by molar-refractivity contribution is -0.113. The van der Waals surface area contributed by atoms with Crippen LogP contribution in [0.1, 0.15) is 16.7 Å². The Morgan fingerprint density at radius 2 is 1.90 bits per heavy atom. The van der Waals surface area contributed by atoms with E-state index < -0.39 is 0 Å². The molecule has 0 amide bonds. The van der Waals surface area contributed by atoms with E-state index in [9.17, 15) is 9.90 Å². The van der Waals surface area contributed by atoms with Crippen molar-refractivity contribution in [2.24, 2.45) is 0 Å². The molecule has 0 bridgehead atoms. The Hall–Kier alpha value is -2.76. The molecular weight excluding hydrogens is 406 g/mol. The van der Waals surface area contributed by atoms with Gasteiger partial charge < -0.3 is 9.84 Å². The average Bonchev–Trinajstić information content (AvgIpc) is 2.72. The van der Waals surface area contributed by atoms with E-state index in [2.05, 4.69) is 17.1 Å². The predicted octanol–water partition coefficient (Wildman–Crippen LogP) is 5.33. The van der Waals surface area contributed by atoms with Gasteiger partial charge in [-0.2, -0.15) is 0 Å². The van der Waals surface area contributed by atoms with Crippen LogP contribution in [0.2, 0.25) is 0 Å². The van der Waals surface area contributed by atoms with Crippen molar-refractivity contribution >= 4 is 36.0 Å². The molecule has 0 saturated carbocycles. The molecule has 0 spiro atoms. The molecule has 0 atom stereocenters. The van der Waals surface area contributed by atoms with Crippen molar-refractivity contribution in [1.82, 2.24) is 4.98 Å². The van der Waals surface area contributed by atoms with Gasteiger partial charge in [-0.15, -0.1) is 24.2 Å². The van der Waals surface area contributed by atoms with Gasteiger partial charge in [0.1, 0.15) is 0 Å². The summed E-state index contributed by atoms with van der Waals surface area (Å²) in [6.07, 6.45) is 7.16. The lowest BCUT2D eigenvalue weighted by Crippen LogP contribution is -1.98. The van der Waals surface area contributed by atoms with Gasteiger partial charge in [0, 0.05) is 29.5 Å². The minimum atomic E-state index is 0. The maximum Gasteiger partial charge on any atom is 0.160 e. The van der Waals surface area contributed by atoms with Crippen LogP contribution >= 0.6 is 24.2 Å². The van der Waals surface area contributed by atoms with Crippen LogP contribution < -0.4 is 4.74 Å². The fraction of sp³-hybridized carbons (Fsp3) is 0.130. The standard InChI is InChI=1S/C23H21NO3S.ClH/c1-27-23-8-6-17(15-22(23)26)5-7-20(25)13-19-3-2-4-21(14-19)28-16-18-9-11-24-12-10-18;/h2-12,14-15,26H,13,16H2,1H3;1H/b7-5+;. The Labute approximate surface area is 181 Å². The number of phenols is 1. The number of allylic oxidation sites excluding steroid dienone is 1. The quantitative estimate of drug-likeness (QED) is 0.388. The summed E-state index contributed by atoms with van der Waals surface area (Å²) in [5, 5.41) is 9.81. The number of ether oxygens (including phenoxy) is 1. The second-order valence-electron chi connectivity index (χ2n) is 6.20. The second-order valence-corrected chi connectivity index (χ2v) is 7.25. The maximum absolute atomic E-state index is 12.3. The molecule has 0 aliphatic rings. The van der Waals surface area contributed by atoms with Crippen LogP contribution in [-0.4, -0.2) is 23.0 Å². The van der Waals surface area contributed by atoms with E-state index in [1.807, 2.05) is 24.3 Å². The zero-order valence-corrected chi connectivity index (χ0v) is 17.6. The van der Waals surface area contributed by atoms with Gasteiger partial charge in [0.05, 0.1) is 7.11 Å². The fourth-order valence-corrected chi connectivity index (χ4v) is 3.59. The number of nitrogens with zero attached hydrogens (tertiary/aromatic N) is 1. The molecule has 0 saturated heterocycles. The van der Waals surface area contributed by atoms with Crippen molar-refractivity contribution in [2.45, 2.75) is 17.1 Å². The predicted molar refractivity (Wildman–Crippen MR) is 120 cm³/mol. The third-order valence-corrected chi connectivity index (χ3v) is 5.16. The summed E-state index contributed by atoms with van der Waals surface area (Å²) in [5.74, 6) is 1.33. The number of benzene rings is 2. The summed E-state index contributed by atoms with van der Waals surface area (Å²) in [5.41, 5.74) is 2.94. The van der Waals surface area contributed by atoms with Gasteiger partial charge in [0.2, 0.25) is 0 Å². The van der Waals surface area contributed by atoms with Crippen LogP contribution in [0.25, 0.3) is 6.08 Å². The molecule has 0 fully saturated rings. The number of carbonyl (C=O) groups is 1. The van der Waals surface area contributed by atoms with Crippen LogP contribution in [0, 0.1) is 0 Å². The number of methoxy groups -OCH3 is 1. The lowest BCUT2D eigenvalue weighted by Gasteiger charge is -2.05. The van der Waals surface area contributed by atoms with Crippen molar-refractivity contribution in [2.75, 3.05) is 7.11 Å². The van der Waals surface area contributed by atoms with Gasteiger partial charge in [-0.25, -0.2) is 0 Å². The highest BCUT2D eigenvalue weighted by molar-refractivity contribution is 7.98. The number of aromatic hydroxyl groups is 1. The first-order valence-corrected chi connectivity index (χ1v) is 9.81. The number of halogens is 1. The van der Waals surface area contributed by atoms with Crippen molar-refractivity contribution in [3.05, 3.63) is 89.8 Å². The van der Waals surface area contributed by atoms with E-state index in [1.165, 1.54) is 18.7 Å². The number of hydrogen-bond acceptors (Lipinski definition) is 5. The third kappa shape index (κ3) is 6.97. The smallest absolute Gasteiger partial charge is 0.160 e. The minimum Gasteiger partial charge on any atom is -0.504 e. The van der Waals surface area contributed by atoms with E-state index in [1.54, 1.807) is 48.4 Å². The van der Waals surface area contributed by atoms with E-state index in [0.29, 0.717) is 12.2 Å². The van der Waals surface area contributed by atoms with Crippen molar-refractivity contribution in [3.8, 4) is 11.5 Å². The van der Waals surface area contributed by atoms with E-state index in [4.69, 9.17) is 4.74 Å². The van der Waals surface area contributed by atoms with Gasteiger partial charge in [-0.3, -0.25) is 9.78 Å². The van der Waals surface area contributed by atoms with E-state index >= 15 is 0 Å². The number of rotatable bonds is 8. The fourth-order valence-electron chi connectivity index (χ4n) is 2.65. The maximum atomic E-state index is 12.3. The molecule has 0 radical (unpaired) electrons. The van der Waals surface area contributed by atoms with Gasteiger partial charge in [0.15, 0.2) is 17.3 Å². The number of ketones is 1. The molecule has 4 nitrogen and oxygen atoms in total. The molecule has 2 aromatic carbocycles. The van der Waals surface area contributed by atoms with Crippen LogP contribution in [0.3, 0.4) is 0 Å². The number of hydrogen-bond donors (Lipinski definition) is 1. The normalized spacial score (nSPS) is 10.5. The zero-order chi connectivity index (χ0) is 19.8. The first kappa shape index (κ1) is 22.5. The van der Waals surface area contributed by atoms with E-state index in [-0.39, 0.29) is 23.9 Å². The summed E-state index contributed by atoms with van der Waals surface area (Å²) in [7, 11) is 1.50. The Kier molecular flexibility index (Phi) is 8.77. The summed E-state index contributed by atoms with van der Waals surface area (Å²) in [6.45, 7) is 0. The molecule has 3 aromatic rings. The Morgan fingerprint density at radius 1 is 1.10 bits per heavy atom. The number of carbonyl (C=O) groups excluding carboxylic acids is 1. The zero-order valence-electron chi connectivity index (χ0n) is 15.9. The lowest BCUT2D eigenvalue weighted by atomic mass is 10.1. The molecule has 3 rings (SSSR count). The largest absolute Gasteiger partial charge is 0.504 e. The highest BCUT2D eigenvalue weighted by Crippen LogP contribution is 2.27. The average molecular weight is 428 g/mol. The first-order chi connectivity index (χ1) is 13.6. The van der Waals surface area contributed by atoms with Gasteiger partial charge >= 0.3 is 0 Å². The Bertz CT molecular complexity index is 977. The van der Waals surface area contributed by atoms with Crippen LogP contribution in [0.15, 0.2) is 78.0 Å². The number of aromatic nitrogens is 1. The molecule has 29 heavy (non-hydrogen) atoms. The van der Waals surface area contributed by atoms with Crippen molar-refractivity contribution in [3.63, 3.8) is 0 Å². The van der Waals surface area contributed by atoms with Gasteiger partial charge in [-0.1, -0.05) is 24.3 Å². The first-order valence-electron chi connectivity index (χ1n) is 8.82. The van der Waals surface area contributed by atoms with Gasteiger partial charge in [-0.05, 0) is 59.2 Å². The highest BCUT2D eigenvalue weighted by Gasteiger charge is 2.04. The monoisotopic (exact) mass is 427 g/mol. The molecule has 6 heteroatoms. The molecule has 0 aliphatic carbocycles. The molecular formula is C23H22ClNO3S. The molecule has 1 N–H and O–H groups in total. The number of phenolic OH excluding ortho intramolecular Hbond substituents is 1. The molecule has 150 valence electrons. The van der Waals surface area contributed by atoms with Crippen molar-refractivity contribution < 1.29 is 14.6 Å². The van der Waals surface area contributed by atoms with Crippen molar-refractivity contribution in [1.29, 1.82) is 0 Å². The van der Waals surface area contributed by atoms with E-state index in [0.717, 1.165) is 21.8 Å². The van der Waals surface area contributed by atoms with Crippen LogP contribution in [0.4, 0.5) is 0 Å². The summed E-state index contributed by atoms with van der Waals surface area (Å²) in [6, 6.07) is 17.1. The molecule has 1 heterocycles. The van der Waals surface area contributed by atoms with Crippen LogP contribution in [0.5, 0.6) is 11.5 Å². The molecule has 0 unspecified atom stereocenters. The highest BCUT2D eigenvalue weighted by atomic mass is 35.5. The topological polar surface area (TPSA) is 59.4 Å². The molecule has 1 aromatic heterocycles. The Balaban J connectivity index is 0.00000300. The summed E-state index contributed by atoms with van der Waals surface area (Å²) in [4.78, 5) is 17.5. The number of pyridine rings is 1. The third-order valence-electron chi connectivity index (χ3n) is 4.10. The van der Waals surface area contributed by atoms with Crippen LogP contribution in [-0.2, 0) is 17.0 Å². The molecule has 0 aliphatic heterocycles. The second kappa shape index (κ2) is 11.3. The SMILES string of the molecule is COc1ccc(/C=C/C(=O)Cc2cccc(SCc3ccncc3)c2)cc1O.Cl. The number of thioether (sulfide) groups is 1. The minimum absolute atomic E-state index is 0. The summed E-state index contributed by atoms with van der Waals surface area (Å²) < 4.78 is 5.02.